The van der Waals surface area contributed by atoms with Gasteiger partial charge in [0, 0.05) is 19.0 Å². The molecule has 20 heavy (non-hydrogen) atoms. The van der Waals surface area contributed by atoms with Crippen LogP contribution < -0.4 is 0 Å². The Kier molecular flexibility index (Phi) is 4.71. The molecular weight excluding hydrogens is 275 g/mol. The van der Waals surface area contributed by atoms with Crippen molar-refractivity contribution in [2.75, 3.05) is 13.1 Å². The molecule has 1 aliphatic rings. The van der Waals surface area contributed by atoms with E-state index in [2.05, 4.69) is 0 Å². The van der Waals surface area contributed by atoms with Crippen molar-refractivity contribution in [2.24, 2.45) is 11.8 Å². The first-order chi connectivity index (χ1) is 8.92. The molecule has 1 amide bonds. The van der Waals surface area contributed by atoms with Gasteiger partial charge in [-0.2, -0.15) is 13.2 Å². The third kappa shape index (κ3) is 4.38. The third-order valence-corrected chi connectivity index (χ3v) is 3.17. The molecule has 2 atom stereocenters. The number of Topliss-reactive ketones (excluding diaryl/α,β-unsaturated/α-hetero) is 1. The Balaban J connectivity index is 2.64. The number of carbonyl (C=O) groups excluding carboxylic acids is 2. The van der Waals surface area contributed by atoms with Gasteiger partial charge in [0.15, 0.2) is 0 Å². The molecule has 2 unspecified atom stereocenters. The molecular formula is C13H20F3NO3. The Morgan fingerprint density at radius 2 is 1.75 bits per heavy atom. The zero-order valence-corrected chi connectivity index (χ0v) is 12.1. The second-order valence-corrected chi connectivity index (χ2v) is 6.16. The first kappa shape index (κ1) is 16.8. The zero-order valence-electron chi connectivity index (χ0n) is 12.1. The van der Waals surface area contributed by atoms with Crippen LogP contribution in [0.25, 0.3) is 0 Å². The lowest BCUT2D eigenvalue weighted by molar-refractivity contribution is -0.178. The number of ether oxygens (including phenoxy) is 1. The van der Waals surface area contributed by atoms with E-state index in [1.54, 1.807) is 27.7 Å². The third-order valence-electron chi connectivity index (χ3n) is 3.17. The number of rotatable bonds is 1. The molecule has 0 saturated carbocycles. The van der Waals surface area contributed by atoms with E-state index in [4.69, 9.17) is 4.74 Å². The standard InChI is InChI=1S/C13H20F3NO3/c1-8-7-17(11(19)20-12(2,3)4)6-5-9(8)10(18)13(14,15)16/h8-9H,5-7H2,1-4H3. The lowest BCUT2D eigenvalue weighted by atomic mass is 9.83. The van der Waals surface area contributed by atoms with Crippen molar-refractivity contribution in [3.63, 3.8) is 0 Å². The van der Waals surface area contributed by atoms with Crippen molar-refractivity contribution in [2.45, 2.75) is 45.9 Å². The molecule has 1 fully saturated rings. The highest BCUT2D eigenvalue weighted by molar-refractivity contribution is 5.86. The van der Waals surface area contributed by atoms with Gasteiger partial charge in [0.2, 0.25) is 5.78 Å². The number of ketones is 1. The number of alkyl halides is 3. The molecule has 0 aliphatic carbocycles. The first-order valence-corrected chi connectivity index (χ1v) is 6.51. The average molecular weight is 295 g/mol. The summed E-state index contributed by atoms with van der Waals surface area (Å²) in [6.07, 6.45) is -5.35. The highest BCUT2D eigenvalue weighted by atomic mass is 19.4. The van der Waals surface area contributed by atoms with Crippen molar-refractivity contribution in [3.05, 3.63) is 0 Å². The first-order valence-electron chi connectivity index (χ1n) is 6.51. The SMILES string of the molecule is CC1CN(C(=O)OC(C)(C)C)CCC1C(=O)C(F)(F)F. The summed E-state index contributed by atoms with van der Waals surface area (Å²) in [5.74, 6) is -3.31. The van der Waals surface area contributed by atoms with E-state index in [1.807, 2.05) is 0 Å². The molecule has 1 aliphatic heterocycles. The molecule has 0 radical (unpaired) electrons. The molecule has 7 heteroatoms. The number of nitrogens with zero attached hydrogens (tertiary/aromatic N) is 1. The largest absolute Gasteiger partial charge is 0.450 e. The lowest BCUT2D eigenvalue weighted by Crippen LogP contribution is -2.48. The number of hydrogen-bond acceptors (Lipinski definition) is 3. The molecule has 0 spiro atoms. The average Bonchev–Trinajstić information content (AvgIpc) is 2.24. The van der Waals surface area contributed by atoms with Crippen LogP contribution in [0.5, 0.6) is 0 Å². The van der Waals surface area contributed by atoms with Crippen LogP contribution in [0.2, 0.25) is 0 Å². The van der Waals surface area contributed by atoms with Crippen molar-refractivity contribution in [1.29, 1.82) is 0 Å². The van der Waals surface area contributed by atoms with Crippen molar-refractivity contribution in [3.8, 4) is 0 Å². The Morgan fingerprint density at radius 1 is 1.20 bits per heavy atom. The molecule has 0 aromatic rings. The Bertz CT molecular complexity index is 387. The van der Waals surface area contributed by atoms with Crippen LogP contribution in [0, 0.1) is 11.8 Å². The number of halogens is 3. The topological polar surface area (TPSA) is 46.6 Å². The molecule has 0 N–H and O–H groups in total. The van der Waals surface area contributed by atoms with E-state index in [0.717, 1.165) is 0 Å². The predicted octanol–water partition coefficient (Wildman–Crippen LogP) is 3.01. The number of likely N-dealkylation sites (tertiary alicyclic amines) is 1. The van der Waals surface area contributed by atoms with E-state index in [1.165, 1.54) is 4.90 Å². The van der Waals surface area contributed by atoms with Crippen LogP contribution in [0.4, 0.5) is 18.0 Å². The Morgan fingerprint density at radius 3 is 2.15 bits per heavy atom. The summed E-state index contributed by atoms with van der Waals surface area (Å²) in [6, 6.07) is 0. The predicted molar refractivity (Wildman–Crippen MR) is 66.1 cm³/mol. The van der Waals surface area contributed by atoms with Gasteiger partial charge in [0.1, 0.15) is 5.60 Å². The lowest BCUT2D eigenvalue weighted by Gasteiger charge is -2.37. The van der Waals surface area contributed by atoms with Gasteiger partial charge in [-0.05, 0) is 33.1 Å². The fourth-order valence-electron chi connectivity index (χ4n) is 2.24. The number of hydrogen-bond donors (Lipinski definition) is 0. The normalized spacial score (nSPS) is 24.4. The molecule has 1 saturated heterocycles. The Hall–Kier alpha value is -1.27. The van der Waals surface area contributed by atoms with Gasteiger partial charge < -0.3 is 9.64 Å². The van der Waals surface area contributed by atoms with Crippen LogP contribution in [0.1, 0.15) is 34.1 Å². The van der Waals surface area contributed by atoms with Crippen LogP contribution >= 0.6 is 0 Å². The molecule has 4 nitrogen and oxygen atoms in total. The second-order valence-electron chi connectivity index (χ2n) is 6.16. The molecule has 0 aromatic carbocycles. The summed E-state index contributed by atoms with van der Waals surface area (Å²) >= 11 is 0. The van der Waals surface area contributed by atoms with Gasteiger partial charge in [-0.3, -0.25) is 4.79 Å². The van der Waals surface area contributed by atoms with Gasteiger partial charge in [-0.15, -0.1) is 0 Å². The quantitative estimate of drug-likeness (QED) is 0.747. The summed E-state index contributed by atoms with van der Waals surface area (Å²) < 4.78 is 42.5. The highest BCUT2D eigenvalue weighted by Gasteiger charge is 2.47. The number of carbonyl (C=O) groups is 2. The summed E-state index contributed by atoms with van der Waals surface area (Å²) in [7, 11) is 0. The smallest absolute Gasteiger partial charge is 0.444 e. The zero-order chi connectivity index (χ0) is 15.7. The monoisotopic (exact) mass is 295 g/mol. The minimum Gasteiger partial charge on any atom is -0.444 e. The second kappa shape index (κ2) is 5.61. The fraction of sp³-hybridized carbons (Fsp3) is 0.846. The molecule has 1 rings (SSSR count). The molecule has 1 heterocycles. The summed E-state index contributed by atoms with van der Waals surface area (Å²) in [5.41, 5.74) is -0.654. The Labute approximate surface area is 116 Å². The number of amides is 1. The van der Waals surface area contributed by atoms with E-state index in [-0.39, 0.29) is 19.5 Å². The number of piperidine rings is 1. The van der Waals surface area contributed by atoms with Gasteiger partial charge in [-0.25, -0.2) is 4.79 Å². The highest BCUT2D eigenvalue weighted by Crippen LogP contribution is 2.31. The summed E-state index contributed by atoms with van der Waals surface area (Å²) in [6.45, 7) is 6.90. The van der Waals surface area contributed by atoms with Gasteiger partial charge >= 0.3 is 12.3 Å². The van der Waals surface area contributed by atoms with Crippen LogP contribution in [0.3, 0.4) is 0 Å². The maximum absolute atomic E-state index is 12.4. The van der Waals surface area contributed by atoms with E-state index < -0.39 is 35.5 Å². The maximum Gasteiger partial charge on any atom is 0.450 e. The molecule has 0 aromatic heterocycles. The fourth-order valence-corrected chi connectivity index (χ4v) is 2.24. The van der Waals surface area contributed by atoms with E-state index in [0.29, 0.717) is 0 Å². The minimum atomic E-state index is -4.81. The van der Waals surface area contributed by atoms with Crippen molar-refractivity contribution < 1.29 is 27.5 Å². The summed E-state index contributed by atoms with van der Waals surface area (Å²) in [5, 5.41) is 0. The van der Waals surface area contributed by atoms with Crippen molar-refractivity contribution >= 4 is 11.9 Å². The molecule has 116 valence electrons. The van der Waals surface area contributed by atoms with Gasteiger partial charge in [0.05, 0.1) is 0 Å². The van der Waals surface area contributed by atoms with E-state index in [9.17, 15) is 22.8 Å². The van der Waals surface area contributed by atoms with Crippen LogP contribution in [-0.4, -0.2) is 41.6 Å². The van der Waals surface area contributed by atoms with Crippen LogP contribution in [0.15, 0.2) is 0 Å². The maximum atomic E-state index is 12.4. The van der Waals surface area contributed by atoms with Gasteiger partial charge in [-0.1, -0.05) is 6.92 Å². The van der Waals surface area contributed by atoms with Gasteiger partial charge in [0.25, 0.3) is 0 Å². The minimum absolute atomic E-state index is 0.0127. The summed E-state index contributed by atoms with van der Waals surface area (Å²) in [4.78, 5) is 24.5. The van der Waals surface area contributed by atoms with E-state index >= 15 is 0 Å². The molecule has 0 bridgehead atoms. The van der Waals surface area contributed by atoms with Crippen molar-refractivity contribution in [1.82, 2.24) is 4.90 Å². The van der Waals surface area contributed by atoms with Crippen LogP contribution in [-0.2, 0) is 9.53 Å².